The Morgan fingerprint density at radius 3 is 2.77 bits per heavy atom. The third-order valence-electron chi connectivity index (χ3n) is 4.29. The van der Waals surface area contributed by atoms with Crippen molar-refractivity contribution in [3.8, 4) is 0 Å². The predicted octanol–water partition coefficient (Wildman–Crippen LogP) is 1.90. The first kappa shape index (κ1) is 15.4. The van der Waals surface area contributed by atoms with Crippen LogP contribution in [0.4, 0.5) is 4.39 Å². The molecule has 1 aliphatic carbocycles. The summed E-state index contributed by atoms with van der Waals surface area (Å²) in [5.74, 6) is 0.167. The van der Waals surface area contributed by atoms with Gasteiger partial charge in [0.15, 0.2) is 0 Å². The summed E-state index contributed by atoms with van der Waals surface area (Å²) in [5.41, 5.74) is 0.857. The first-order valence-electron chi connectivity index (χ1n) is 8.06. The highest BCUT2D eigenvalue weighted by atomic mass is 19.1. The number of rotatable bonds is 6. The molecule has 120 valence electrons. The van der Waals surface area contributed by atoms with Crippen LogP contribution in [0.25, 0.3) is 0 Å². The van der Waals surface area contributed by atoms with Gasteiger partial charge in [-0.05, 0) is 30.5 Å². The Hall–Kier alpha value is -1.46. The van der Waals surface area contributed by atoms with Crippen LogP contribution in [0.3, 0.4) is 0 Å². The minimum Gasteiger partial charge on any atom is -0.379 e. The molecule has 1 amide bonds. The van der Waals surface area contributed by atoms with Gasteiger partial charge in [-0.3, -0.25) is 9.69 Å². The third kappa shape index (κ3) is 4.27. The summed E-state index contributed by atoms with van der Waals surface area (Å²) in [4.78, 5) is 16.7. The zero-order valence-electron chi connectivity index (χ0n) is 12.8. The van der Waals surface area contributed by atoms with Crippen molar-refractivity contribution in [2.75, 3.05) is 39.4 Å². The van der Waals surface area contributed by atoms with E-state index >= 15 is 0 Å². The Morgan fingerprint density at radius 1 is 1.32 bits per heavy atom. The van der Waals surface area contributed by atoms with Gasteiger partial charge >= 0.3 is 0 Å². The molecule has 1 aromatic carbocycles. The number of hydrogen-bond donors (Lipinski definition) is 0. The lowest BCUT2D eigenvalue weighted by Gasteiger charge is -2.30. The molecule has 0 atom stereocenters. The summed E-state index contributed by atoms with van der Waals surface area (Å²) >= 11 is 0. The van der Waals surface area contributed by atoms with E-state index < -0.39 is 0 Å². The highest BCUT2D eigenvalue weighted by Gasteiger charge is 2.33. The molecule has 3 rings (SSSR count). The number of benzene rings is 1. The van der Waals surface area contributed by atoms with Crippen molar-refractivity contribution in [3.05, 3.63) is 35.6 Å². The quantitative estimate of drug-likeness (QED) is 0.805. The van der Waals surface area contributed by atoms with Crippen LogP contribution in [0.5, 0.6) is 0 Å². The molecular weight excluding hydrogens is 283 g/mol. The Morgan fingerprint density at radius 2 is 2.09 bits per heavy atom. The highest BCUT2D eigenvalue weighted by molar-refractivity contribution is 5.81. The Balaban J connectivity index is 1.60. The van der Waals surface area contributed by atoms with Gasteiger partial charge in [0.1, 0.15) is 5.82 Å². The van der Waals surface area contributed by atoms with Crippen LogP contribution in [0.1, 0.15) is 18.4 Å². The van der Waals surface area contributed by atoms with Crippen molar-refractivity contribution in [3.63, 3.8) is 0 Å². The number of nitrogens with zero attached hydrogens (tertiary/aromatic N) is 2. The van der Waals surface area contributed by atoms with Crippen molar-refractivity contribution in [1.82, 2.24) is 9.80 Å². The van der Waals surface area contributed by atoms with Crippen LogP contribution < -0.4 is 0 Å². The molecule has 0 radical (unpaired) electrons. The molecule has 0 unspecified atom stereocenters. The van der Waals surface area contributed by atoms with E-state index in [1.54, 1.807) is 6.07 Å². The minimum atomic E-state index is -0.246. The van der Waals surface area contributed by atoms with Crippen molar-refractivity contribution < 1.29 is 13.9 Å². The standard InChI is InChI=1S/C17H23FN2O2/c18-16-3-1-2-14(12-16)13-20(17(21)15-4-5-15)7-6-19-8-10-22-11-9-19/h1-3,12,15H,4-11,13H2. The molecule has 0 spiro atoms. The van der Waals surface area contributed by atoms with Gasteiger partial charge in [0, 0.05) is 38.6 Å². The molecule has 1 saturated heterocycles. The largest absolute Gasteiger partial charge is 0.379 e. The first-order valence-corrected chi connectivity index (χ1v) is 8.06. The molecule has 4 nitrogen and oxygen atoms in total. The van der Waals surface area contributed by atoms with Gasteiger partial charge in [0.25, 0.3) is 0 Å². The van der Waals surface area contributed by atoms with E-state index in [1.807, 2.05) is 11.0 Å². The molecule has 2 fully saturated rings. The summed E-state index contributed by atoms with van der Waals surface area (Å²) in [6.07, 6.45) is 1.99. The van der Waals surface area contributed by atoms with E-state index in [9.17, 15) is 9.18 Å². The minimum absolute atomic E-state index is 0.193. The molecule has 0 N–H and O–H groups in total. The number of ether oxygens (including phenoxy) is 1. The summed E-state index contributed by atoms with van der Waals surface area (Å²) in [6.45, 7) is 5.43. The number of halogens is 1. The van der Waals surface area contributed by atoms with Crippen molar-refractivity contribution in [2.45, 2.75) is 19.4 Å². The second kappa shape index (κ2) is 7.20. The molecule has 1 saturated carbocycles. The van der Waals surface area contributed by atoms with Gasteiger partial charge in [-0.1, -0.05) is 12.1 Å². The van der Waals surface area contributed by atoms with Crippen molar-refractivity contribution >= 4 is 5.91 Å². The fraction of sp³-hybridized carbons (Fsp3) is 0.588. The van der Waals surface area contributed by atoms with Gasteiger partial charge in [0.05, 0.1) is 13.2 Å². The molecule has 5 heteroatoms. The molecule has 0 aromatic heterocycles. The van der Waals surface area contributed by atoms with Crippen LogP contribution in [-0.2, 0) is 16.1 Å². The molecule has 22 heavy (non-hydrogen) atoms. The second-order valence-electron chi connectivity index (χ2n) is 6.12. The SMILES string of the molecule is O=C(C1CC1)N(CCN1CCOCC1)Cc1cccc(F)c1. The first-order chi connectivity index (χ1) is 10.7. The van der Waals surface area contributed by atoms with Gasteiger partial charge < -0.3 is 9.64 Å². The van der Waals surface area contributed by atoms with Crippen LogP contribution in [-0.4, -0.2) is 55.1 Å². The maximum atomic E-state index is 13.3. The number of morpholine rings is 1. The van der Waals surface area contributed by atoms with Crippen LogP contribution in [0.15, 0.2) is 24.3 Å². The van der Waals surface area contributed by atoms with E-state index in [0.717, 1.165) is 51.3 Å². The van der Waals surface area contributed by atoms with E-state index in [2.05, 4.69) is 4.90 Å². The number of hydrogen-bond acceptors (Lipinski definition) is 3. The molecule has 1 aliphatic heterocycles. The van der Waals surface area contributed by atoms with Crippen LogP contribution in [0.2, 0.25) is 0 Å². The molecule has 0 bridgehead atoms. The monoisotopic (exact) mass is 306 g/mol. The normalized spacial score (nSPS) is 19.1. The lowest BCUT2D eigenvalue weighted by molar-refractivity contribution is -0.133. The fourth-order valence-corrected chi connectivity index (χ4v) is 2.80. The van der Waals surface area contributed by atoms with E-state index in [0.29, 0.717) is 13.1 Å². The maximum Gasteiger partial charge on any atom is 0.226 e. The van der Waals surface area contributed by atoms with E-state index in [4.69, 9.17) is 4.74 Å². The summed E-state index contributed by atoms with van der Waals surface area (Å²) in [6, 6.07) is 6.53. The summed E-state index contributed by atoms with van der Waals surface area (Å²) in [5, 5.41) is 0. The van der Waals surface area contributed by atoms with Gasteiger partial charge in [-0.25, -0.2) is 4.39 Å². The highest BCUT2D eigenvalue weighted by Crippen LogP contribution is 2.31. The third-order valence-corrected chi connectivity index (χ3v) is 4.29. The lowest BCUT2D eigenvalue weighted by Crippen LogP contribution is -2.43. The number of amides is 1. The van der Waals surface area contributed by atoms with E-state index in [1.165, 1.54) is 12.1 Å². The second-order valence-corrected chi connectivity index (χ2v) is 6.12. The zero-order chi connectivity index (χ0) is 15.4. The number of carbonyl (C=O) groups is 1. The van der Waals surface area contributed by atoms with Gasteiger partial charge in [0.2, 0.25) is 5.91 Å². The van der Waals surface area contributed by atoms with Crippen LogP contribution >= 0.6 is 0 Å². The van der Waals surface area contributed by atoms with Crippen molar-refractivity contribution in [1.29, 1.82) is 0 Å². The maximum absolute atomic E-state index is 13.3. The molecule has 1 aromatic rings. The smallest absolute Gasteiger partial charge is 0.226 e. The lowest BCUT2D eigenvalue weighted by atomic mass is 10.2. The van der Waals surface area contributed by atoms with E-state index in [-0.39, 0.29) is 17.6 Å². The Labute approximate surface area is 130 Å². The Bertz CT molecular complexity index is 513. The zero-order valence-corrected chi connectivity index (χ0v) is 12.8. The molecule has 2 aliphatic rings. The summed E-state index contributed by atoms with van der Waals surface area (Å²) < 4.78 is 18.7. The predicted molar refractivity (Wildman–Crippen MR) is 81.8 cm³/mol. The number of carbonyl (C=O) groups excluding carboxylic acids is 1. The topological polar surface area (TPSA) is 32.8 Å². The molecule has 1 heterocycles. The van der Waals surface area contributed by atoms with Crippen molar-refractivity contribution in [2.24, 2.45) is 5.92 Å². The summed E-state index contributed by atoms with van der Waals surface area (Å²) in [7, 11) is 0. The van der Waals surface area contributed by atoms with Crippen LogP contribution in [0, 0.1) is 11.7 Å². The van der Waals surface area contributed by atoms with Gasteiger partial charge in [-0.15, -0.1) is 0 Å². The van der Waals surface area contributed by atoms with Gasteiger partial charge in [-0.2, -0.15) is 0 Å². The fourth-order valence-electron chi connectivity index (χ4n) is 2.80. The molecular formula is C17H23FN2O2. The average molecular weight is 306 g/mol. The average Bonchev–Trinajstić information content (AvgIpc) is 3.37. The Kier molecular flexibility index (Phi) is 5.05.